The lowest BCUT2D eigenvalue weighted by molar-refractivity contribution is -0.117. The maximum absolute atomic E-state index is 13.0. The van der Waals surface area contributed by atoms with E-state index < -0.39 is 0 Å². The van der Waals surface area contributed by atoms with Crippen LogP contribution in [0.4, 0.5) is 5.69 Å². The van der Waals surface area contributed by atoms with E-state index >= 15 is 0 Å². The largest absolute Gasteiger partial charge is 0.497 e. The summed E-state index contributed by atoms with van der Waals surface area (Å²) in [5, 5.41) is 9.02. The van der Waals surface area contributed by atoms with E-state index in [9.17, 15) is 4.79 Å². The number of carbonyl (C=O) groups is 1. The second-order valence-corrected chi connectivity index (χ2v) is 9.35. The van der Waals surface area contributed by atoms with E-state index in [1.165, 1.54) is 28.7 Å². The number of aryl methyl sites for hydroxylation is 1. The predicted molar refractivity (Wildman–Crippen MR) is 103 cm³/mol. The first-order valence-electron chi connectivity index (χ1n) is 8.25. The zero-order valence-electron chi connectivity index (χ0n) is 15.2. The molecular weight excluding hydrogens is 354 g/mol. The van der Waals surface area contributed by atoms with E-state index in [1.54, 1.807) is 7.11 Å². The summed E-state index contributed by atoms with van der Waals surface area (Å²) < 4.78 is 6.20. The molecule has 2 aromatic rings. The SMILES string of the molecule is COc1ccc2c(c1)[C@@H](C)CC(C)(C)N2C(=O)CSc1nnc(C)s1. The molecule has 1 aromatic heterocycles. The number of methoxy groups -OCH3 is 1. The molecule has 7 heteroatoms. The summed E-state index contributed by atoms with van der Waals surface area (Å²) in [5.74, 6) is 1.66. The van der Waals surface area contributed by atoms with Crippen LogP contribution < -0.4 is 9.64 Å². The first kappa shape index (κ1) is 18.2. The number of fused-ring (bicyclic) bond motifs is 1. The molecule has 0 fully saturated rings. The Hall–Kier alpha value is -1.60. The van der Waals surface area contributed by atoms with Gasteiger partial charge in [-0.3, -0.25) is 4.79 Å². The second-order valence-electron chi connectivity index (χ2n) is 6.95. The van der Waals surface area contributed by atoms with Gasteiger partial charge in [0.1, 0.15) is 10.8 Å². The van der Waals surface area contributed by atoms with Crippen molar-refractivity contribution in [3.8, 4) is 5.75 Å². The molecule has 2 heterocycles. The Balaban J connectivity index is 1.88. The summed E-state index contributed by atoms with van der Waals surface area (Å²) in [6, 6.07) is 5.98. The fourth-order valence-corrected chi connectivity index (χ4v) is 5.20. The summed E-state index contributed by atoms with van der Waals surface area (Å²) in [6.07, 6.45) is 0.918. The maximum atomic E-state index is 13.0. The van der Waals surface area contributed by atoms with E-state index in [0.717, 1.165) is 27.2 Å². The minimum Gasteiger partial charge on any atom is -0.497 e. The fraction of sp³-hybridized carbons (Fsp3) is 0.500. The molecular formula is C18H23N3O2S2. The molecule has 134 valence electrons. The Morgan fingerprint density at radius 2 is 2.20 bits per heavy atom. The summed E-state index contributed by atoms with van der Waals surface area (Å²) >= 11 is 2.98. The third-order valence-corrected chi connectivity index (χ3v) is 6.45. The Morgan fingerprint density at radius 1 is 1.44 bits per heavy atom. The molecule has 3 rings (SSSR count). The summed E-state index contributed by atoms with van der Waals surface area (Å²) in [6.45, 7) is 8.39. The maximum Gasteiger partial charge on any atom is 0.237 e. The standard InChI is InChI=1S/C18H23N3O2S2/c1-11-9-18(3,4)21(15-7-6-13(23-5)8-14(11)15)16(22)10-24-17-20-19-12(2)25-17/h6-8,11H,9-10H2,1-5H3/t11-/m0/s1. The van der Waals surface area contributed by atoms with Crippen LogP contribution in [-0.2, 0) is 4.79 Å². The van der Waals surface area contributed by atoms with E-state index in [0.29, 0.717) is 11.7 Å². The van der Waals surface area contributed by atoms with Crippen LogP contribution in [0.1, 0.15) is 43.7 Å². The van der Waals surface area contributed by atoms with Gasteiger partial charge in [0.15, 0.2) is 4.34 Å². The topological polar surface area (TPSA) is 55.3 Å². The van der Waals surface area contributed by atoms with Crippen molar-refractivity contribution < 1.29 is 9.53 Å². The van der Waals surface area contributed by atoms with Crippen LogP contribution in [0.5, 0.6) is 5.75 Å². The Labute approximate surface area is 156 Å². The number of nitrogens with zero attached hydrogens (tertiary/aromatic N) is 3. The number of hydrogen-bond acceptors (Lipinski definition) is 6. The van der Waals surface area contributed by atoms with E-state index in [2.05, 4.69) is 37.0 Å². The van der Waals surface area contributed by atoms with Crippen LogP contribution in [0.15, 0.2) is 22.5 Å². The number of carbonyl (C=O) groups excluding carboxylic acids is 1. The number of hydrogen-bond donors (Lipinski definition) is 0. The van der Waals surface area contributed by atoms with Gasteiger partial charge in [-0.2, -0.15) is 0 Å². The highest BCUT2D eigenvalue weighted by atomic mass is 32.2. The highest BCUT2D eigenvalue weighted by molar-refractivity contribution is 8.01. The van der Waals surface area contributed by atoms with Crippen molar-refractivity contribution in [2.45, 2.75) is 49.9 Å². The molecule has 0 saturated carbocycles. The molecule has 0 N–H and O–H groups in total. The van der Waals surface area contributed by atoms with Crippen molar-refractivity contribution in [1.29, 1.82) is 0 Å². The molecule has 1 atom stereocenters. The molecule has 0 aliphatic carbocycles. The van der Waals surface area contributed by atoms with Crippen molar-refractivity contribution in [3.63, 3.8) is 0 Å². The van der Waals surface area contributed by atoms with E-state index in [4.69, 9.17) is 4.74 Å². The van der Waals surface area contributed by atoms with Crippen LogP contribution in [-0.4, -0.2) is 34.5 Å². The van der Waals surface area contributed by atoms with E-state index in [1.807, 2.05) is 24.0 Å². The van der Waals surface area contributed by atoms with Gasteiger partial charge in [0.05, 0.1) is 12.9 Å². The monoisotopic (exact) mass is 377 g/mol. The quantitative estimate of drug-likeness (QED) is 0.745. The second kappa shape index (κ2) is 6.96. The summed E-state index contributed by atoms with van der Waals surface area (Å²) in [7, 11) is 1.67. The molecule has 1 aliphatic rings. The predicted octanol–water partition coefficient (Wildman–Crippen LogP) is 4.27. The van der Waals surface area contributed by atoms with Gasteiger partial charge in [0.25, 0.3) is 0 Å². The lowest BCUT2D eigenvalue weighted by Gasteiger charge is -2.46. The zero-order valence-corrected chi connectivity index (χ0v) is 16.8. The number of amides is 1. The van der Waals surface area contributed by atoms with Crippen molar-refractivity contribution >= 4 is 34.7 Å². The van der Waals surface area contributed by atoms with E-state index in [-0.39, 0.29) is 11.4 Å². The minimum absolute atomic E-state index is 0.0983. The van der Waals surface area contributed by atoms with Crippen molar-refractivity contribution in [3.05, 3.63) is 28.8 Å². The van der Waals surface area contributed by atoms with Crippen LogP contribution in [0.2, 0.25) is 0 Å². The number of anilines is 1. The van der Waals surface area contributed by atoms with Gasteiger partial charge >= 0.3 is 0 Å². The number of ether oxygens (including phenoxy) is 1. The lowest BCUT2D eigenvalue weighted by atomic mass is 9.80. The van der Waals surface area contributed by atoms with Crippen LogP contribution in [0.3, 0.4) is 0 Å². The third kappa shape index (κ3) is 3.67. The van der Waals surface area contributed by atoms with Crippen molar-refractivity contribution in [2.24, 2.45) is 0 Å². The molecule has 25 heavy (non-hydrogen) atoms. The average Bonchev–Trinajstić information content (AvgIpc) is 2.97. The van der Waals surface area contributed by atoms with Gasteiger partial charge < -0.3 is 9.64 Å². The fourth-order valence-electron chi connectivity index (χ4n) is 3.53. The molecule has 1 aliphatic heterocycles. The first-order valence-corrected chi connectivity index (χ1v) is 10.1. The highest BCUT2D eigenvalue weighted by Gasteiger charge is 2.39. The Kier molecular flexibility index (Phi) is 5.06. The van der Waals surface area contributed by atoms with Crippen LogP contribution in [0, 0.1) is 6.92 Å². The van der Waals surface area contributed by atoms with Crippen molar-refractivity contribution in [1.82, 2.24) is 10.2 Å². The van der Waals surface area contributed by atoms with Crippen LogP contribution >= 0.6 is 23.1 Å². The Morgan fingerprint density at radius 3 is 2.84 bits per heavy atom. The number of rotatable bonds is 4. The van der Waals surface area contributed by atoms with Gasteiger partial charge in [-0.05, 0) is 56.9 Å². The van der Waals surface area contributed by atoms with Crippen LogP contribution in [0.25, 0.3) is 0 Å². The van der Waals surface area contributed by atoms with Gasteiger partial charge in [-0.1, -0.05) is 30.0 Å². The smallest absolute Gasteiger partial charge is 0.237 e. The molecule has 0 saturated heterocycles. The minimum atomic E-state index is -0.226. The molecule has 0 unspecified atom stereocenters. The number of benzene rings is 1. The third-order valence-electron chi connectivity index (χ3n) is 4.49. The summed E-state index contributed by atoms with van der Waals surface area (Å²) in [4.78, 5) is 15.0. The van der Waals surface area contributed by atoms with Gasteiger partial charge in [0, 0.05) is 11.2 Å². The summed E-state index contributed by atoms with van der Waals surface area (Å²) in [5.41, 5.74) is 1.93. The van der Waals surface area contributed by atoms with Gasteiger partial charge in [0.2, 0.25) is 5.91 Å². The molecule has 1 aromatic carbocycles. The number of thioether (sulfide) groups is 1. The van der Waals surface area contributed by atoms with Gasteiger partial charge in [-0.25, -0.2) is 0 Å². The molecule has 0 bridgehead atoms. The molecule has 0 spiro atoms. The normalized spacial score (nSPS) is 18.8. The number of aromatic nitrogens is 2. The molecule has 1 amide bonds. The first-order chi connectivity index (χ1) is 11.8. The molecule has 5 nitrogen and oxygen atoms in total. The van der Waals surface area contributed by atoms with Gasteiger partial charge in [-0.15, -0.1) is 10.2 Å². The highest BCUT2D eigenvalue weighted by Crippen LogP contribution is 2.45. The average molecular weight is 378 g/mol. The molecule has 0 radical (unpaired) electrons. The Bertz CT molecular complexity index is 788. The van der Waals surface area contributed by atoms with Crippen molar-refractivity contribution in [2.75, 3.05) is 17.8 Å². The lowest BCUT2D eigenvalue weighted by Crippen LogP contribution is -2.52. The zero-order chi connectivity index (χ0) is 18.2.